The van der Waals surface area contributed by atoms with Crippen molar-refractivity contribution in [3.8, 4) is 0 Å². The lowest BCUT2D eigenvalue weighted by Gasteiger charge is -2.24. The average Bonchev–Trinajstić information content (AvgIpc) is 2.95. The molecule has 0 saturated carbocycles. The topological polar surface area (TPSA) is 144 Å². The van der Waals surface area contributed by atoms with Gasteiger partial charge in [-0.2, -0.15) is 0 Å². The molecule has 5 unspecified atom stereocenters. The van der Waals surface area contributed by atoms with E-state index in [1.807, 2.05) is 0 Å². The first-order valence-corrected chi connectivity index (χ1v) is 9.16. The van der Waals surface area contributed by atoms with Gasteiger partial charge >= 0.3 is 7.82 Å². The Morgan fingerprint density at radius 3 is 2.17 bits per heavy atom. The quantitative estimate of drug-likeness (QED) is 0.259. The smallest absolute Gasteiger partial charge is 0.394 e. The van der Waals surface area contributed by atoms with Gasteiger partial charge in [-0.25, -0.2) is 4.57 Å². The Morgan fingerprint density at radius 2 is 1.62 bits per heavy atom. The van der Waals surface area contributed by atoms with E-state index in [0.29, 0.717) is 0 Å². The van der Waals surface area contributed by atoms with Crippen LogP contribution in [0.2, 0.25) is 0 Å². The van der Waals surface area contributed by atoms with Crippen LogP contribution in [0.1, 0.15) is 0 Å². The minimum absolute atomic E-state index is 0.350. The van der Waals surface area contributed by atoms with E-state index in [4.69, 9.17) is 23.3 Å². The number of phosphoric acid groups is 1. The van der Waals surface area contributed by atoms with E-state index in [0.717, 1.165) is 0 Å². The van der Waals surface area contributed by atoms with Gasteiger partial charge < -0.3 is 34.4 Å². The first-order valence-electron chi connectivity index (χ1n) is 7.66. The van der Waals surface area contributed by atoms with Crippen LogP contribution in [0, 0.1) is 0 Å². The van der Waals surface area contributed by atoms with Crippen molar-refractivity contribution in [1.29, 1.82) is 0 Å². The highest BCUT2D eigenvalue weighted by molar-refractivity contribution is 7.47. The molecule has 2 aliphatic rings. The van der Waals surface area contributed by atoms with Gasteiger partial charge in [-0.3, -0.25) is 9.05 Å². The predicted octanol–water partition coefficient (Wildman–Crippen LogP) is -4.07. The standard InChI is InChI=1S/C11H23B2O10P/c1-19-8-5(22-10(12)6(8)15)3-20-24(17,18)23-9-4(2-14)21-11(13)7(9)16/h4-11,14-16H,2-3,12-13H2,1H3,(H,17,18)/t4-,5-,6?,7?,8?,9?,10-,11-/m1/s1. The molecule has 2 rings (SSSR count). The van der Waals surface area contributed by atoms with E-state index in [1.54, 1.807) is 15.7 Å². The van der Waals surface area contributed by atoms with Gasteiger partial charge in [-0.1, -0.05) is 0 Å². The Hall–Kier alpha value is -0.000130. The number of phosphoric ester groups is 1. The summed E-state index contributed by atoms with van der Waals surface area (Å²) >= 11 is 0. The second-order valence-electron chi connectivity index (χ2n) is 5.96. The van der Waals surface area contributed by atoms with E-state index in [-0.39, 0.29) is 6.61 Å². The SMILES string of the molecule is B[C@@H]1O[C@H](COP(=O)(O)OC2C(O)[C@H](B)O[C@@H]2CO)C(OC)C1O. The molecule has 24 heavy (non-hydrogen) atoms. The number of ether oxygens (including phenoxy) is 3. The molecule has 0 amide bonds. The van der Waals surface area contributed by atoms with Crippen LogP contribution in [0.15, 0.2) is 0 Å². The van der Waals surface area contributed by atoms with Crippen molar-refractivity contribution in [2.45, 2.75) is 48.6 Å². The molecule has 13 heteroatoms. The van der Waals surface area contributed by atoms with Crippen LogP contribution in [-0.4, -0.2) is 105 Å². The Labute approximate surface area is 141 Å². The second-order valence-corrected chi connectivity index (χ2v) is 7.36. The second kappa shape index (κ2) is 8.13. The summed E-state index contributed by atoms with van der Waals surface area (Å²) in [4.78, 5) is 9.85. The molecular weight excluding hydrogens is 345 g/mol. The summed E-state index contributed by atoms with van der Waals surface area (Å²) in [5, 5.41) is 29.0. The largest absolute Gasteiger partial charge is 0.472 e. The number of methoxy groups -OCH3 is 1. The molecule has 2 saturated heterocycles. The number of hydrogen-bond donors (Lipinski definition) is 4. The molecule has 10 nitrogen and oxygen atoms in total. The van der Waals surface area contributed by atoms with Gasteiger partial charge in [0.25, 0.3) is 0 Å². The highest BCUT2D eigenvalue weighted by atomic mass is 31.2. The van der Waals surface area contributed by atoms with Gasteiger partial charge in [0.2, 0.25) is 0 Å². The van der Waals surface area contributed by atoms with Crippen molar-refractivity contribution >= 4 is 23.5 Å². The number of hydrogen-bond acceptors (Lipinski definition) is 9. The molecule has 0 aliphatic carbocycles. The summed E-state index contributed by atoms with van der Waals surface area (Å²) in [5.41, 5.74) is 0. The Bertz CT molecular complexity index is 470. The Kier molecular flexibility index (Phi) is 6.88. The first kappa shape index (κ1) is 20.3. The molecule has 138 valence electrons. The molecule has 0 aromatic heterocycles. The minimum Gasteiger partial charge on any atom is -0.394 e. The maximum Gasteiger partial charge on any atom is 0.472 e. The van der Waals surface area contributed by atoms with Crippen LogP contribution in [0.25, 0.3) is 0 Å². The fourth-order valence-electron chi connectivity index (χ4n) is 2.90. The average molecular weight is 368 g/mol. The third-order valence-corrected chi connectivity index (χ3v) is 5.24. The van der Waals surface area contributed by atoms with Gasteiger partial charge in [-0.15, -0.1) is 0 Å². The summed E-state index contributed by atoms with van der Waals surface area (Å²) in [7, 11) is 0.0301. The fourth-order valence-corrected chi connectivity index (χ4v) is 3.86. The molecule has 0 aromatic carbocycles. The zero-order valence-corrected chi connectivity index (χ0v) is 14.6. The molecule has 9 atom stereocenters. The van der Waals surface area contributed by atoms with Crippen LogP contribution in [-0.2, 0) is 27.8 Å². The lowest BCUT2D eigenvalue weighted by molar-refractivity contribution is -0.0432. The van der Waals surface area contributed by atoms with Gasteiger partial charge in [0.1, 0.15) is 52.3 Å². The third-order valence-electron chi connectivity index (χ3n) is 4.26. The van der Waals surface area contributed by atoms with Crippen molar-refractivity contribution in [1.82, 2.24) is 0 Å². The summed E-state index contributed by atoms with van der Waals surface area (Å²) in [6.45, 7) is -0.829. The highest BCUT2D eigenvalue weighted by Gasteiger charge is 2.47. The van der Waals surface area contributed by atoms with Crippen molar-refractivity contribution in [3.63, 3.8) is 0 Å². The number of aliphatic hydroxyl groups is 3. The molecule has 0 radical (unpaired) electrons. The highest BCUT2D eigenvalue weighted by Crippen LogP contribution is 2.47. The number of aliphatic hydroxyl groups excluding tert-OH is 3. The van der Waals surface area contributed by atoms with Crippen molar-refractivity contribution in [2.24, 2.45) is 0 Å². The first-order chi connectivity index (χ1) is 11.2. The summed E-state index contributed by atoms with van der Waals surface area (Å²) in [6.07, 6.45) is -5.65. The Balaban J connectivity index is 1.93. The zero-order valence-electron chi connectivity index (χ0n) is 13.7. The lowest BCUT2D eigenvalue weighted by atomic mass is 9.93. The van der Waals surface area contributed by atoms with Gasteiger partial charge in [-0.05, 0) is 0 Å². The molecule has 2 fully saturated rings. The number of rotatable bonds is 7. The minimum atomic E-state index is -4.55. The van der Waals surface area contributed by atoms with Crippen molar-refractivity contribution in [3.05, 3.63) is 0 Å². The van der Waals surface area contributed by atoms with Crippen LogP contribution in [0.5, 0.6) is 0 Å². The van der Waals surface area contributed by atoms with Crippen molar-refractivity contribution < 1.29 is 48.0 Å². The molecule has 2 heterocycles. The van der Waals surface area contributed by atoms with Gasteiger partial charge in [0.05, 0.1) is 25.2 Å². The fraction of sp³-hybridized carbons (Fsp3) is 1.00. The molecule has 0 bridgehead atoms. The van der Waals surface area contributed by atoms with E-state index >= 15 is 0 Å². The van der Waals surface area contributed by atoms with Crippen LogP contribution in [0.4, 0.5) is 0 Å². The molecule has 0 aromatic rings. The summed E-state index contributed by atoms with van der Waals surface area (Å²) in [6, 6.07) is -1.16. The van der Waals surface area contributed by atoms with Crippen LogP contribution in [0.3, 0.4) is 0 Å². The van der Waals surface area contributed by atoms with E-state index in [1.165, 1.54) is 7.11 Å². The summed E-state index contributed by atoms with van der Waals surface area (Å²) in [5.74, 6) is 0. The molecular formula is C11H23B2O10P. The van der Waals surface area contributed by atoms with Crippen LogP contribution < -0.4 is 0 Å². The third kappa shape index (κ3) is 4.39. The zero-order chi connectivity index (χ0) is 18.1. The molecule has 2 aliphatic heterocycles. The molecule has 4 N–H and O–H groups in total. The lowest BCUT2D eigenvalue weighted by Crippen LogP contribution is -2.37. The van der Waals surface area contributed by atoms with Crippen LogP contribution >= 0.6 is 7.82 Å². The maximum atomic E-state index is 12.1. The maximum absolute atomic E-state index is 12.1. The monoisotopic (exact) mass is 368 g/mol. The van der Waals surface area contributed by atoms with E-state index < -0.39 is 63.1 Å². The van der Waals surface area contributed by atoms with E-state index in [2.05, 4.69) is 0 Å². The summed E-state index contributed by atoms with van der Waals surface area (Å²) < 4.78 is 37.7. The van der Waals surface area contributed by atoms with Gasteiger partial charge in [0.15, 0.2) is 0 Å². The predicted molar refractivity (Wildman–Crippen MR) is 85.0 cm³/mol. The Morgan fingerprint density at radius 1 is 1.08 bits per heavy atom. The normalized spacial score (nSPS) is 45.4. The molecule has 0 spiro atoms. The van der Waals surface area contributed by atoms with Crippen molar-refractivity contribution in [2.75, 3.05) is 20.3 Å². The van der Waals surface area contributed by atoms with Gasteiger partial charge in [0, 0.05) is 7.11 Å². The van der Waals surface area contributed by atoms with E-state index in [9.17, 15) is 24.8 Å².